The van der Waals surface area contributed by atoms with Crippen LogP contribution in [0, 0.1) is 0 Å². The molecule has 0 aliphatic carbocycles. The lowest BCUT2D eigenvalue weighted by Gasteiger charge is -2.20. The number of carbonyl (C=O) groups is 1. The van der Waals surface area contributed by atoms with Crippen molar-refractivity contribution in [1.82, 2.24) is 0 Å². The first-order chi connectivity index (χ1) is 6.92. The summed E-state index contributed by atoms with van der Waals surface area (Å²) < 4.78 is 0.974. The van der Waals surface area contributed by atoms with E-state index in [0.29, 0.717) is 0 Å². The van der Waals surface area contributed by atoms with E-state index >= 15 is 0 Å². The zero-order valence-electron chi connectivity index (χ0n) is 8.33. The summed E-state index contributed by atoms with van der Waals surface area (Å²) in [4.78, 5) is 10.7. The van der Waals surface area contributed by atoms with Crippen LogP contribution < -0.4 is 11.1 Å². The summed E-state index contributed by atoms with van der Waals surface area (Å²) in [6.45, 7) is 1.66. The maximum Gasteiger partial charge on any atom is 0.325 e. The van der Waals surface area contributed by atoms with Gasteiger partial charge in [0.25, 0.3) is 0 Å². The summed E-state index contributed by atoms with van der Waals surface area (Å²) in [5.74, 6) is -1.02. The minimum atomic E-state index is -1.26. The lowest BCUT2D eigenvalue weighted by atomic mass is 10.1. The smallest absolute Gasteiger partial charge is 0.325 e. The van der Waals surface area contributed by atoms with E-state index in [0.717, 1.165) is 10.2 Å². The standard InChI is InChI=1S/C10H13BrN2O2/c1-10(12,9(14)15)6-13-8-4-2-7(11)3-5-8/h2-5,13H,6,12H2,1H3,(H,14,15). The predicted octanol–water partition coefficient (Wildman–Crippen LogP) is 1.66. The molecule has 0 saturated carbocycles. The molecule has 0 amide bonds. The first kappa shape index (κ1) is 12.0. The van der Waals surface area contributed by atoms with E-state index in [2.05, 4.69) is 21.2 Å². The molecule has 15 heavy (non-hydrogen) atoms. The Kier molecular flexibility index (Phi) is 3.71. The number of hydrogen-bond acceptors (Lipinski definition) is 3. The molecule has 4 nitrogen and oxygen atoms in total. The Morgan fingerprint density at radius 3 is 2.53 bits per heavy atom. The number of anilines is 1. The van der Waals surface area contributed by atoms with Crippen LogP contribution in [0.1, 0.15) is 6.92 Å². The molecule has 0 saturated heterocycles. The first-order valence-corrected chi connectivity index (χ1v) is 5.23. The maximum atomic E-state index is 10.7. The van der Waals surface area contributed by atoms with Crippen molar-refractivity contribution in [2.75, 3.05) is 11.9 Å². The van der Waals surface area contributed by atoms with Gasteiger partial charge in [-0.1, -0.05) is 15.9 Å². The van der Waals surface area contributed by atoms with Crippen molar-refractivity contribution < 1.29 is 9.90 Å². The Hall–Kier alpha value is -1.07. The van der Waals surface area contributed by atoms with Crippen molar-refractivity contribution in [3.8, 4) is 0 Å². The highest BCUT2D eigenvalue weighted by Crippen LogP contribution is 2.14. The number of aliphatic carboxylic acids is 1. The van der Waals surface area contributed by atoms with Gasteiger partial charge in [0.1, 0.15) is 5.54 Å². The SMILES string of the molecule is CC(N)(CNc1ccc(Br)cc1)C(=O)O. The highest BCUT2D eigenvalue weighted by Gasteiger charge is 2.27. The molecule has 0 spiro atoms. The lowest BCUT2D eigenvalue weighted by Crippen LogP contribution is -2.50. The maximum absolute atomic E-state index is 10.7. The number of carboxylic acid groups (broad SMARTS) is 1. The summed E-state index contributed by atoms with van der Waals surface area (Å²) in [5, 5.41) is 11.8. The monoisotopic (exact) mass is 272 g/mol. The zero-order chi connectivity index (χ0) is 11.5. The highest BCUT2D eigenvalue weighted by molar-refractivity contribution is 9.10. The number of carboxylic acids is 1. The molecule has 1 aromatic rings. The van der Waals surface area contributed by atoms with Gasteiger partial charge >= 0.3 is 5.97 Å². The van der Waals surface area contributed by atoms with Crippen LogP contribution in [0.15, 0.2) is 28.7 Å². The average Bonchev–Trinajstić information content (AvgIpc) is 2.17. The Morgan fingerprint density at radius 2 is 2.07 bits per heavy atom. The molecule has 4 N–H and O–H groups in total. The van der Waals surface area contributed by atoms with Crippen molar-refractivity contribution in [1.29, 1.82) is 0 Å². The molecular weight excluding hydrogens is 260 g/mol. The summed E-state index contributed by atoms with van der Waals surface area (Å²) in [6, 6.07) is 7.44. The molecule has 0 aliphatic heterocycles. The number of hydrogen-bond donors (Lipinski definition) is 3. The van der Waals surface area contributed by atoms with Gasteiger partial charge in [0.2, 0.25) is 0 Å². The Labute approximate surface area is 96.6 Å². The second kappa shape index (κ2) is 4.63. The largest absolute Gasteiger partial charge is 0.480 e. The van der Waals surface area contributed by atoms with Crippen molar-refractivity contribution in [3.05, 3.63) is 28.7 Å². The third kappa shape index (κ3) is 3.53. The fourth-order valence-electron chi connectivity index (χ4n) is 0.929. The van der Waals surface area contributed by atoms with Gasteiger partial charge in [-0.3, -0.25) is 4.79 Å². The fraction of sp³-hybridized carbons (Fsp3) is 0.300. The second-order valence-electron chi connectivity index (χ2n) is 3.58. The molecule has 0 heterocycles. The van der Waals surface area contributed by atoms with Gasteiger partial charge in [0.15, 0.2) is 0 Å². The third-order valence-electron chi connectivity index (χ3n) is 1.99. The van der Waals surface area contributed by atoms with E-state index in [9.17, 15) is 4.79 Å². The van der Waals surface area contributed by atoms with E-state index in [1.54, 1.807) is 0 Å². The van der Waals surface area contributed by atoms with Crippen molar-refractivity contribution in [2.45, 2.75) is 12.5 Å². The van der Waals surface area contributed by atoms with Gasteiger partial charge in [0, 0.05) is 16.7 Å². The molecule has 1 rings (SSSR count). The molecule has 1 unspecified atom stereocenters. The molecule has 0 aromatic heterocycles. The highest BCUT2D eigenvalue weighted by atomic mass is 79.9. The van der Waals surface area contributed by atoms with Crippen LogP contribution in [0.2, 0.25) is 0 Å². The van der Waals surface area contributed by atoms with Crippen LogP contribution in [-0.4, -0.2) is 23.2 Å². The normalized spacial score (nSPS) is 14.3. The van der Waals surface area contributed by atoms with Crippen molar-refractivity contribution in [2.24, 2.45) is 5.73 Å². The zero-order valence-corrected chi connectivity index (χ0v) is 9.91. The van der Waals surface area contributed by atoms with E-state index in [4.69, 9.17) is 10.8 Å². The van der Waals surface area contributed by atoms with Crippen LogP contribution in [-0.2, 0) is 4.79 Å². The second-order valence-corrected chi connectivity index (χ2v) is 4.50. The minimum Gasteiger partial charge on any atom is -0.480 e. The summed E-state index contributed by atoms with van der Waals surface area (Å²) in [7, 11) is 0. The van der Waals surface area contributed by atoms with Crippen molar-refractivity contribution >= 4 is 27.6 Å². The fourth-order valence-corrected chi connectivity index (χ4v) is 1.19. The van der Waals surface area contributed by atoms with Crippen LogP contribution in [0.25, 0.3) is 0 Å². The van der Waals surface area contributed by atoms with Crippen LogP contribution in [0.4, 0.5) is 5.69 Å². The minimum absolute atomic E-state index is 0.184. The van der Waals surface area contributed by atoms with E-state index in [1.807, 2.05) is 24.3 Å². The van der Waals surface area contributed by atoms with Gasteiger partial charge < -0.3 is 16.2 Å². The number of halogens is 1. The summed E-state index contributed by atoms with van der Waals surface area (Å²) in [6.07, 6.45) is 0. The van der Waals surface area contributed by atoms with Crippen molar-refractivity contribution in [3.63, 3.8) is 0 Å². The van der Waals surface area contributed by atoms with Gasteiger partial charge in [-0.25, -0.2) is 0 Å². The molecular formula is C10H13BrN2O2. The molecule has 5 heteroatoms. The Bertz CT molecular complexity index is 349. The molecule has 1 atom stereocenters. The molecule has 0 bridgehead atoms. The molecule has 1 aromatic carbocycles. The quantitative estimate of drug-likeness (QED) is 0.780. The van der Waals surface area contributed by atoms with Crippen LogP contribution >= 0.6 is 15.9 Å². The first-order valence-electron chi connectivity index (χ1n) is 4.43. The Morgan fingerprint density at radius 1 is 1.53 bits per heavy atom. The van der Waals surface area contributed by atoms with E-state index < -0.39 is 11.5 Å². The summed E-state index contributed by atoms with van der Waals surface area (Å²) >= 11 is 3.31. The topological polar surface area (TPSA) is 75.3 Å². The molecule has 82 valence electrons. The lowest BCUT2D eigenvalue weighted by molar-refractivity contribution is -0.142. The number of rotatable bonds is 4. The Balaban J connectivity index is 2.57. The molecule has 0 radical (unpaired) electrons. The molecule has 0 fully saturated rings. The van der Waals surface area contributed by atoms with Gasteiger partial charge in [-0.15, -0.1) is 0 Å². The predicted molar refractivity (Wildman–Crippen MR) is 62.9 cm³/mol. The number of nitrogens with one attached hydrogen (secondary N) is 1. The van der Waals surface area contributed by atoms with Gasteiger partial charge in [-0.2, -0.15) is 0 Å². The van der Waals surface area contributed by atoms with Crippen LogP contribution in [0.3, 0.4) is 0 Å². The van der Waals surface area contributed by atoms with E-state index in [-0.39, 0.29) is 6.54 Å². The molecule has 0 aliphatic rings. The number of nitrogens with two attached hydrogens (primary N) is 1. The summed E-state index contributed by atoms with van der Waals surface area (Å²) in [5.41, 5.74) is 5.15. The van der Waals surface area contributed by atoms with Crippen LogP contribution in [0.5, 0.6) is 0 Å². The van der Waals surface area contributed by atoms with Gasteiger partial charge in [0.05, 0.1) is 0 Å². The number of benzene rings is 1. The van der Waals surface area contributed by atoms with E-state index in [1.165, 1.54) is 6.92 Å². The average molecular weight is 273 g/mol. The van der Waals surface area contributed by atoms with Gasteiger partial charge in [-0.05, 0) is 31.2 Å². The third-order valence-corrected chi connectivity index (χ3v) is 2.52.